The fraction of sp³-hybridized carbons (Fsp3) is 0.106. The second-order valence-corrected chi connectivity index (χ2v) is 26.2. The Labute approximate surface area is 638 Å². The molecule has 16 heteroatoms. The summed E-state index contributed by atoms with van der Waals surface area (Å²) in [5.41, 5.74) is 18.6. The summed E-state index contributed by atoms with van der Waals surface area (Å²) in [4.78, 5) is 9.02. The van der Waals surface area contributed by atoms with E-state index < -0.39 is 0 Å². The Morgan fingerprint density at radius 3 is 0.509 bits per heavy atom. The summed E-state index contributed by atoms with van der Waals surface area (Å²) in [6.45, 7) is 0. The molecule has 2 heterocycles. The SMILES string of the molecule is COc1ccc(N(c2ccc(OC)cc2)c2ccc3c(c2)c2cc(N(c4ccc(OC)cc4)c4ccc(OC)cc4)ccc2n3-c2ccc(OC)c(-c3cc(-n4c5ccc(N(c6ccc(OC)cc6)c6ccc(OC)cc6)cc5c5cc(N(c6ccc(OC)cc6)c6ccc(OC)cc6)ccc54)ccc3OC)c2)cc1. The van der Waals surface area contributed by atoms with Gasteiger partial charge in [0.15, 0.2) is 0 Å². The maximum absolute atomic E-state index is 6.45. The smallest absolute Gasteiger partial charge is 0.126 e. The van der Waals surface area contributed by atoms with E-state index in [4.69, 9.17) is 47.4 Å². The molecule has 0 radical (unpaired) electrons. The molecule has 0 spiro atoms. The molecule has 16 rings (SSSR count). The lowest BCUT2D eigenvalue weighted by Gasteiger charge is -2.26. The second kappa shape index (κ2) is 30.4. The third-order valence-corrected chi connectivity index (χ3v) is 20.3. The van der Waals surface area contributed by atoms with Crippen molar-refractivity contribution < 1.29 is 47.4 Å². The zero-order chi connectivity index (χ0) is 75.5. The van der Waals surface area contributed by atoms with Crippen LogP contribution in [0.5, 0.6) is 57.5 Å². The van der Waals surface area contributed by atoms with Gasteiger partial charge in [0.1, 0.15) is 57.5 Å². The summed E-state index contributed by atoms with van der Waals surface area (Å²) in [6.07, 6.45) is 0. The summed E-state index contributed by atoms with van der Waals surface area (Å²) in [6, 6.07) is 105. The molecule has 0 fully saturated rings. The molecule has 14 aromatic carbocycles. The van der Waals surface area contributed by atoms with E-state index in [1.807, 2.05) is 97.1 Å². The van der Waals surface area contributed by atoms with Gasteiger partial charge in [0.05, 0.1) is 93.2 Å². The zero-order valence-corrected chi connectivity index (χ0v) is 62.6. The normalized spacial score (nSPS) is 11.2. The lowest BCUT2D eigenvalue weighted by atomic mass is 10.0. The largest absolute Gasteiger partial charge is 0.497 e. The van der Waals surface area contributed by atoms with Gasteiger partial charge in [0.2, 0.25) is 0 Å². The zero-order valence-electron chi connectivity index (χ0n) is 62.6. The molecule has 16 nitrogen and oxygen atoms in total. The van der Waals surface area contributed by atoms with E-state index in [1.165, 1.54) is 0 Å². The number of fused-ring (bicyclic) bond motifs is 6. The van der Waals surface area contributed by atoms with Crippen LogP contribution >= 0.6 is 0 Å². The molecule has 0 aliphatic heterocycles. The van der Waals surface area contributed by atoms with Crippen LogP contribution in [0.15, 0.2) is 303 Å². The van der Waals surface area contributed by atoms with E-state index in [1.54, 1.807) is 71.1 Å². The topological polar surface area (TPSA) is 115 Å². The monoisotopic (exact) mass is 1450 g/mol. The van der Waals surface area contributed by atoms with Crippen LogP contribution in [0, 0.1) is 0 Å². The fourth-order valence-electron chi connectivity index (χ4n) is 14.8. The van der Waals surface area contributed by atoms with Crippen LogP contribution in [-0.2, 0) is 0 Å². The van der Waals surface area contributed by atoms with Crippen molar-refractivity contribution in [3.05, 3.63) is 303 Å². The Kier molecular flexibility index (Phi) is 19.4. The van der Waals surface area contributed by atoms with Crippen molar-refractivity contribution in [2.45, 2.75) is 0 Å². The van der Waals surface area contributed by atoms with Crippen LogP contribution in [0.3, 0.4) is 0 Å². The van der Waals surface area contributed by atoms with E-state index in [0.29, 0.717) is 11.5 Å². The minimum absolute atomic E-state index is 0.657. The van der Waals surface area contributed by atoms with Crippen molar-refractivity contribution in [3.63, 3.8) is 0 Å². The van der Waals surface area contributed by atoms with Gasteiger partial charge in [-0.1, -0.05) is 0 Å². The average molecular weight is 1450 g/mol. The number of benzene rings is 14. The first kappa shape index (κ1) is 70.2. The molecule has 546 valence electrons. The predicted molar refractivity (Wildman–Crippen MR) is 445 cm³/mol. The first-order valence-electron chi connectivity index (χ1n) is 35.9. The van der Waals surface area contributed by atoms with Crippen molar-refractivity contribution in [2.75, 3.05) is 90.7 Å². The van der Waals surface area contributed by atoms with Crippen molar-refractivity contribution >= 4 is 112 Å². The number of methoxy groups -OCH3 is 10. The summed E-state index contributed by atoms with van der Waals surface area (Å²) >= 11 is 0. The molecule has 2 aromatic heterocycles. The van der Waals surface area contributed by atoms with Gasteiger partial charge in [0, 0.05) is 112 Å². The molecule has 0 unspecified atom stereocenters. The number of aromatic nitrogens is 2. The molecule has 0 aliphatic carbocycles. The van der Waals surface area contributed by atoms with Gasteiger partial charge >= 0.3 is 0 Å². The van der Waals surface area contributed by atoms with Crippen molar-refractivity contribution in [2.24, 2.45) is 0 Å². The van der Waals surface area contributed by atoms with Crippen molar-refractivity contribution in [1.82, 2.24) is 9.13 Å². The van der Waals surface area contributed by atoms with Crippen LogP contribution in [-0.4, -0.2) is 80.2 Å². The molecular weight excluding hydrogens is 1370 g/mol. The van der Waals surface area contributed by atoms with Gasteiger partial charge in [-0.3, -0.25) is 0 Å². The van der Waals surface area contributed by atoms with Gasteiger partial charge in [-0.25, -0.2) is 0 Å². The lowest BCUT2D eigenvalue weighted by Crippen LogP contribution is -2.10. The fourth-order valence-corrected chi connectivity index (χ4v) is 14.8. The van der Waals surface area contributed by atoms with Gasteiger partial charge in [-0.15, -0.1) is 0 Å². The van der Waals surface area contributed by atoms with Gasteiger partial charge in [-0.2, -0.15) is 0 Å². The second-order valence-electron chi connectivity index (χ2n) is 26.2. The van der Waals surface area contributed by atoms with E-state index in [0.717, 1.165) is 180 Å². The summed E-state index contributed by atoms with van der Waals surface area (Å²) in [5, 5.41) is 4.05. The first-order valence-corrected chi connectivity index (χ1v) is 35.9. The summed E-state index contributed by atoms with van der Waals surface area (Å²) in [5.74, 6) is 7.35. The molecule has 0 aliphatic rings. The van der Waals surface area contributed by atoms with E-state index >= 15 is 0 Å². The quantitative estimate of drug-likeness (QED) is 0.0541. The molecule has 0 N–H and O–H groups in total. The number of rotatable bonds is 25. The lowest BCUT2D eigenvalue weighted by molar-refractivity contribution is 0.410. The van der Waals surface area contributed by atoms with E-state index in [9.17, 15) is 0 Å². The molecule has 16 aromatic rings. The number of anilines is 12. The van der Waals surface area contributed by atoms with Gasteiger partial charge in [0.25, 0.3) is 0 Å². The van der Waals surface area contributed by atoms with Crippen molar-refractivity contribution in [1.29, 1.82) is 0 Å². The molecule has 0 atom stereocenters. The maximum atomic E-state index is 6.45. The highest BCUT2D eigenvalue weighted by Gasteiger charge is 2.26. The first-order chi connectivity index (χ1) is 54.0. The molecule has 0 saturated heterocycles. The highest BCUT2D eigenvalue weighted by Crippen LogP contribution is 2.49. The van der Waals surface area contributed by atoms with Crippen LogP contribution in [0.2, 0.25) is 0 Å². The van der Waals surface area contributed by atoms with Gasteiger partial charge < -0.3 is 76.1 Å². The van der Waals surface area contributed by atoms with Crippen LogP contribution in [0.1, 0.15) is 0 Å². The molecule has 110 heavy (non-hydrogen) atoms. The number of nitrogens with zero attached hydrogens (tertiary/aromatic N) is 6. The van der Waals surface area contributed by atoms with E-state index in [2.05, 4.69) is 235 Å². The Hall–Kier alpha value is -14.1. The number of ether oxygens (including phenoxy) is 10. The standard InChI is InChI=1S/C94H80N6O10/c1-101-75-33-11-61(12-34-75)95(62-13-35-76(102-2)36-14-62)69-27-49-89-83(55-69)84-56-70(96(63-15-37-77(103-3)38-16-63)64-17-39-78(104-4)40-18-64)28-50-90(84)99(89)73-31-53-93(109-9)87(59-73)88-60-74(32-54-94(88)110-10)100-91-51-29-71(97(65-19-41-79(105-5)42-20-65)66-21-43-80(106-6)44-22-66)57-85(91)86-58-72(30-52-92(86)100)98(67-23-45-81(107-7)46-24-67)68-25-47-82(108-8)48-26-68/h11-60H,1-10H3. The predicted octanol–water partition coefficient (Wildman–Crippen LogP) is 23.5. The number of hydrogen-bond donors (Lipinski definition) is 0. The molecule has 0 amide bonds. The minimum Gasteiger partial charge on any atom is -0.497 e. The van der Waals surface area contributed by atoms with Gasteiger partial charge in [-0.05, 0) is 303 Å². The highest BCUT2D eigenvalue weighted by molar-refractivity contribution is 6.14. The van der Waals surface area contributed by atoms with Crippen LogP contribution in [0.25, 0.3) is 66.1 Å². The Morgan fingerprint density at radius 2 is 0.345 bits per heavy atom. The Balaban J connectivity index is 0.899. The summed E-state index contributed by atoms with van der Waals surface area (Å²) < 4.78 is 63.0. The summed E-state index contributed by atoms with van der Waals surface area (Å²) in [7, 11) is 16.9. The average Bonchev–Trinajstić information content (AvgIpc) is 1.58. The molecule has 0 bridgehead atoms. The Morgan fingerprint density at radius 1 is 0.173 bits per heavy atom. The third kappa shape index (κ3) is 13.2. The van der Waals surface area contributed by atoms with Crippen LogP contribution < -0.4 is 67.0 Å². The van der Waals surface area contributed by atoms with Crippen molar-refractivity contribution in [3.8, 4) is 80.0 Å². The Bertz CT molecular complexity index is 5100. The highest BCUT2D eigenvalue weighted by atomic mass is 16.5. The minimum atomic E-state index is 0.657. The molecular formula is C94H80N6O10. The van der Waals surface area contributed by atoms with E-state index in [-0.39, 0.29) is 0 Å². The number of hydrogen-bond acceptors (Lipinski definition) is 14. The van der Waals surface area contributed by atoms with Crippen LogP contribution in [0.4, 0.5) is 68.2 Å². The third-order valence-electron chi connectivity index (χ3n) is 20.3. The molecule has 0 saturated carbocycles. The maximum Gasteiger partial charge on any atom is 0.126 e.